The van der Waals surface area contributed by atoms with E-state index < -0.39 is 0 Å². The van der Waals surface area contributed by atoms with Crippen molar-refractivity contribution < 1.29 is 0 Å². The van der Waals surface area contributed by atoms with Gasteiger partial charge in [0, 0.05) is 49.7 Å². The average Bonchev–Trinajstić information content (AvgIpc) is 2.47. The van der Waals surface area contributed by atoms with E-state index in [1.54, 1.807) is 0 Å². The lowest BCUT2D eigenvalue weighted by Gasteiger charge is -2.47. The Morgan fingerprint density at radius 2 is 2.05 bits per heavy atom. The minimum absolute atomic E-state index is 0.484. The first kappa shape index (κ1) is 12.8. The predicted molar refractivity (Wildman–Crippen MR) is 75.9 cm³/mol. The molecule has 2 fully saturated rings. The number of anilines is 1. The number of fused-ring (bicyclic) bond motifs is 1. The smallest absolute Gasteiger partial charge is 0.225 e. The van der Waals surface area contributed by atoms with Crippen LogP contribution in [0, 0.1) is 0 Å². The monoisotopic (exact) mass is 261 g/mol. The molecule has 0 amide bonds. The molecule has 0 bridgehead atoms. The molecule has 2 unspecified atom stereocenters. The number of hydrogen-bond acceptors (Lipinski definition) is 5. The molecular formula is C14H23N5. The van der Waals surface area contributed by atoms with Crippen molar-refractivity contribution in [3.05, 3.63) is 18.0 Å². The molecular weight excluding hydrogens is 238 g/mol. The van der Waals surface area contributed by atoms with Gasteiger partial charge in [-0.2, -0.15) is 0 Å². The highest BCUT2D eigenvalue weighted by atomic mass is 15.4. The lowest BCUT2D eigenvalue weighted by atomic mass is 9.97. The van der Waals surface area contributed by atoms with Gasteiger partial charge in [0.05, 0.1) is 0 Å². The topological polar surface area (TPSA) is 58.3 Å². The summed E-state index contributed by atoms with van der Waals surface area (Å²) < 4.78 is 0. The predicted octanol–water partition coefficient (Wildman–Crippen LogP) is 0.998. The van der Waals surface area contributed by atoms with Crippen LogP contribution in [-0.2, 0) is 6.54 Å². The molecule has 3 rings (SSSR count). The Morgan fingerprint density at radius 1 is 1.26 bits per heavy atom. The number of rotatable bonds is 2. The van der Waals surface area contributed by atoms with Crippen LogP contribution in [0.25, 0.3) is 0 Å². The highest BCUT2D eigenvalue weighted by Crippen LogP contribution is 2.26. The normalized spacial score (nSPS) is 28.2. The molecule has 3 heterocycles. The van der Waals surface area contributed by atoms with E-state index >= 15 is 0 Å². The van der Waals surface area contributed by atoms with E-state index in [2.05, 4.69) is 26.7 Å². The summed E-state index contributed by atoms with van der Waals surface area (Å²) in [5, 5.41) is 0. The summed E-state index contributed by atoms with van der Waals surface area (Å²) in [4.78, 5) is 13.9. The van der Waals surface area contributed by atoms with Crippen molar-refractivity contribution in [3.8, 4) is 0 Å². The van der Waals surface area contributed by atoms with Crippen LogP contribution in [0.15, 0.2) is 12.4 Å². The van der Waals surface area contributed by atoms with Crippen molar-refractivity contribution in [2.24, 2.45) is 5.73 Å². The Balaban J connectivity index is 1.75. The molecule has 5 nitrogen and oxygen atoms in total. The molecule has 1 aromatic rings. The van der Waals surface area contributed by atoms with Crippen molar-refractivity contribution in [1.82, 2.24) is 14.9 Å². The van der Waals surface area contributed by atoms with E-state index in [0.29, 0.717) is 18.6 Å². The van der Waals surface area contributed by atoms with Crippen LogP contribution < -0.4 is 10.6 Å². The molecule has 2 N–H and O–H groups in total. The molecule has 2 aliphatic rings. The maximum atomic E-state index is 5.59. The summed E-state index contributed by atoms with van der Waals surface area (Å²) in [5.41, 5.74) is 6.59. The van der Waals surface area contributed by atoms with Crippen LogP contribution in [0.3, 0.4) is 0 Å². The van der Waals surface area contributed by atoms with E-state index in [4.69, 9.17) is 5.73 Å². The number of aromatic nitrogens is 2. The molecule has 2 aliphatic heterocycles. The summed E-state index contributed by atoms with van der Waals surface area (Å²) >= 11 is 0. The number of piperidine rings is 1. The Morgan fingerprint density at radius 3 is 2.79 bits per heavy atom. The van der Waals surface area contributed by atoms with E-state index in [9.17, 15) is 0 Å². The molecule has 0 spiro atoms. The first-order valence-electron chi connectivity index (χ1n) is 7.29. The van der Waals surface area contributed by atoms with Crippen molar-refractivity contribution in [3.63, 3.8) is 0 Å². The van der Waals surface area contributed by atoms with E-state index in [1.807, 2.05) is 12.4 Å². The van der Waals surface area contributed by atoms with Gasteiger partial charge in [0.15, 0.2) is 0 Å². The van der Waals surface area contributed by atoms with Gasteiger partial charge >= 0.3 is 0 Å². The first-order chi connectivity index (χ1) is 9.28. The molecule has 2 atom stereocenters. The third-order valence-corrected chi connectivity index (χ3v) is 4.37. The van der Waals surface area contributed by atoms with Crippen molar-refractivity contribution in [2.75, 3.05) is 24.5 Å². The molecule has 5 heteroatoms. The van der Waals surface area contributed by atoms with Crippen LogP contribution in [0.5, 0.6) is 0 Å². The molecule has 19 heavy (non-hydrogen) atoms. The van der Waals surface area contributed by atoms with E-state index in [-0.39, 0.29) is 0 Å². The molecule has 0 radical (unpaired) electrons. The Bertz CT molecular complexity index is 418. The largest absolute Gasteiger partial charge is 0.335 e. The summed E-state index contributed by atoms with van der Waals surface area (Å²) in [6.07, 6.45) is 7.72. The summed E-state index contributed by atoms with van der Waals surface area (Å²) in [7, 11) is 0. The second kappa shape index (κ2) is 5.43. The van der Waals surface area contributed by atoms with Gasteiger partial charge < -0.3 is 10.6 Å². The summed E-state index contributed by atoms with van der Waals surface area (Å²) in [6.45, 7) is 6.23. The molecule has 0 saturated carbocycles. The molecule has 1 aromatic heterocycles. The van der Waals surface area contributed by atoms with Crippen molar-refractivity contribution in [2.45, 2.75) is 44.8 Å². The lowest BCUT2D eigenvalue weighted by molar-refractivity contribution is 0.115. The second-order valence-corrected chi connectivity index (χ2v) is 5.74. The van der Waals surface area contributed by atoms with Crippen LogP contribution in [-0.4, -0.2) is 46.6 Å². The van der Waals surface area contributed by atoms with Gasteiger partial charge in [0.2, 0.25) is 5.95 Å². The van der Waals surface area contributed by atoms with Gasteiger partial charge in [-0.25, -0.2) is 9.97 Å². The fourth-order valence-corrected chi connectivity index (χ4v) is 3.23. The fourth-order valence-electron chi connectivity index (χ4n) is 3.23. The quantitative estimate of drug-likeness (QED) is 0.860. The number of piperazine rings is 1. The zero-order valence-corrected chi connectivity index (χ0v) is 11.6. The average molecular weight is 261 g/mol. The minimum Gasteiger partial charge on any atom is -0.335 e. The Labute approximate surface area is 114 Å². The van der Waals surface area contributed by atoms with Gasteiger partial charge in [-0.15, -0.1) is 0 Å². The minimum atomic E-state index is 0.484. The lowest BCUT2D eigenvalue weighted by Crippen LogP contribution is -2.59. The van der Waals surface area contributed by atoms with Gasteiger partial charge in [-0.3, -0.25) is 4.90 Å². The van der Waals surface area contributed by atoms with Crippen LogP contribution in [0.4, 0.5) is 5.95 Å². The van der Waals surface area contributed by atoms with Gasteiger partial charge in [0.25, 0.3) is 0 Å². The van der Waals surface area contributed by atoms with Gasteiger partial charge in [-0.1, -0.05) is 6.42 Å². The highest BCUT2D eigenvalue weighted by molar-refractivity contribution is 5.33. The SMILES string of the molecule is CC1CN2CCCCC2CN1c1ncc(CN)cn1. The number of nitrogens with zero attached hydrogens (tertiary/aromatic N) is 4. The Hall–Kier alpha value is -1.20. The van der Waals surface area contributed by atoms with Crippen LogP contribution in [0.2, 0.25) is 0 Å². The zero-order chi connectivity index (χ0) is 13.2. The fraction of sp³-hybridized carbons (Fsp3) is 0.714. The maximum absolute atomic E-state index is 5.59. The van der Waals surface area contributed by atoms with E-state index in [0.717, 1.165) is 24.6 Å². The maximum Gasteiger partial charge on any atom is 0.225 e. The van der Waals surface area contributed by atoms with Crippen molar-refractivity contribution in [1.29, 1.82) is 0 Å². The van der Waals surface area contributed by atoms with Gasteiger partial charge in [0.1, 0.15) is 0 Å². The summed E-state index contributed by atoms with van der Waals surface area (Å²) in [5.74, 6) is 0.856. The molecule has 0 aromatic carbocycles. The number of nitrogens with two attached hydrogens (primary N) is 1. The number of hydrogen-bond donors (Lipinski definition) is 1. The van der Waals surface area contributed by atoms with Gasteiger partial charge in [-0.05, 0) is 26.3 Å². The zero-order valence-electron chi connectivity index (χ0n) is 11.6. The molecule has 104 valence electrons. The highest BCUT2D eigenvalue weighted by Gasteiger charge is 2.33. The third kappa shape index (κ3) is 2.58. The summed E-state index contributed by atoms with van der Waals surface area (Å²) in [6, 6.07) is 1.17. The Kier molecular flexibility index (Phi) is 3.66. The first-order valence-corrected chi connectivity index (χ1v) is 7.29. The van der Waals surface area contributed by atoms with Crippen molar-refractivity contribution >= 4 is 5.95 Å². The van der Waals surface area contributed by atoms with Crippen LogP contribution in [0.1, 0.15) is 31.7 Å². The standard InChI is InChI=1S/C14H23N5/c1-11-9-18-5-3-2-4-13(18)10-19(11)14-16-7-12(6-15)8-17-14/h7-8,11,13H,2-6,9-10,15H2,1H3. The third-order valence-electron chi connectivity index (χ3n) is 4.37. The molecule has 2 saturated heterocycles. The van der Waals surface area contributed by atoms with Crippen LogP contribution >= 0.6 is 0 Å². The van der Waals surface area contributed by atoms with E-state index in [1.165, 1.54) is 25.8 Å². The second-order valence-electron chi connectivity index (χ2n) is 5.74. The molecule has 0 aliphatic carbocycles.